The molecule has 0 bridgehead atoms. The van der Waals surface area contributed by atoms with Crippen molar-refractivity contribution in [1.82, 2.24) is 9.55 Å². The van der Waals surface area contributed by atoms with Crippen LogP contribution in [0.2, 0.25) is 0 Å². The van der Waals surface area contributed by atoms with E-state index in [1.165, 1.54) is 9.46 Å². The number of nitrogens with one attached hydrogen (secondary N) is 1. The summed E-state index contributed by atoms with van der Waals surface area (Å²) in [5.41, 5.74) is -0.298. The van der Waals surface area contributed by atoms with Crippen molar-refractivity contribution in [3.63, 3.8) is 0 Å². The van der Waals surface area contributed by atoms with Crippen molar-refractivity contribution in [2.75, 3.05) is 5.75 Å². The van der Waals surface area contributed by atoms with Crippen LogP contribution in [0.15, 0.2) is 62.8 Å². The molecule has 114 valence electrons. The maximum absolute atomic E-state index is 11.9. The monoisotopic (exact) mass is 316 g/mol. The predicted molar refractivity (Wildman–Crippen MR) is 86.0 cm³/mol. The van der Waals surface area contributed by atoms with Crippen molar-refractivity contribution in [2.24, 2.45) is 0 Å². The molecular formula is C16H16N2O3S. The Bertz CT molecular complexity index is 808. The van der Waals surface area contributed by atoms with Crippen LogP contribution in [0, 0.1) is 6.92 Å². The molecule has 0 fully saturated rings. The molecule has 0 unspecified atom stereocenters. The van der Waals surface area contributed by atoms with Crippen molar-refractivity contribution in [1.29, 1.82) is 0 Å². The third-order valence-corrected chi connectivity index (χ3v) is 4.45. The van der Waals surface area contributed by atoms with Gasteiger partial charge in [-0.3, -0.25) is 14.3 Å². The van der Waals surface area contributed by atoms with E-state index in [9.17, 15) is 9.59 Å². The Kier molecular flexibility index (Phi) is 4.20. The summed E-state index contributed by atoms with van der Waals surface area (Å²) < 4.78 is 7.26. The van der Waals surface area contributed by atoms with Gasteiger partial charge in [0.15, 0.2) is 6.23 Å². The van der Waals surface area contributed by atoms with Gasteiger partial charge in [-0.2, -0.15) is 0 Å². The molecule has 1 aromatic heterocycles. The number of hydrogen-bond donors (Lipinski definition) is 1. The van der Waals surface area contributed by atoms with E-state index >= 15 is 0 Å². The molecule has 0 spiro atoms. The summed E-state index contributed by atoms with van der Waals surface area (Å²) in [5, 5.41) is 0. The summed E-state index contributed by atoms with van der Waals surface area (Å²) in [6.45, 7) is 1.67. The van der Waals surface area contributed by atoms with Gasteiger partial charge in [-0.1, -0.05) is 18.2 Å². The van der Waals surface area contributed by atoms with E-state index in [0.29, 0.717) is 12.0 Å². The van der Waals surface area contributed by atoms with Crippen LogP contribution in [0.3, 0.4) is 0 Å². The highest BCUT2D eigenvalue weighted by molar-refractivity contribution is 7.99. The Hall–Kier alpha value is -2.21. The Morgan fingerprint density at radius 1 is 1.32 bits per heavy atom. The highest BCUT2D eigenvalue weighted by atomic mass is 32.2. The standard InChI is InChI=1S/C16H16N2O3S/c1-11-9-18(16(20)17-15(11)19)14-8-7-12(21-14)10-22-13-5-3-2-4-6-13/h2-7,9,14H,8,10H2,1H3,(H,17,19,20)/t14-/m1/s1. The number of H-pyrrole nitrogens is 1. The average Bonchev–Trinajstić information content (AvgIpc) is 2.98. The number of thioether (sulfide) groups is 1. The van der Waals surface area contributed by atoms with Crippen molar-refractivity contribution in [2.45, 2.75) is 24.5 Å². The second-order valence-corrected chi connectivity index (χ2v) is 6.11. The summed E-state index contributed by atoms with van der Waals surface area (Å²) in [6.07, 6.45) is 3.78. The van der Waals surface area contributed by atoms with Crippen LogP contribution in [-0.4, -0.2) is 15.3 Å². The molecule has 1 aliphatic heterocycles. The van der Waals surface area contributed by atoms with Gasteiger partial charge in [-0.15, -0.1) is 11.8 Å². The number of aryl methyl sites for hydroxylation is 1. The predicted octanol–water partition coefficient (Wildman–Crippen LogP) is 2.44. The van der Waals surface area contributed by atoms with Gasteiger partial charge in [0.1, 0.15) is 5.76 Å². The van der Waals surface area contributed by atoms with Crippen LogP contribution in [-0.2, 0) is 4.74 Å². The highest BCUT2D eigenvalue weighted by Gasteiger charge is 2.21. The lowest BCUT2D eigenvalue weighted by atomic mass is 10.3. The molecule has 0 radical (unpaired) electrons. The van der Waals surface area contributed by atoms with Gasteiger partial charge in [-0.25, -0.2) is 4.79 Å². The topological polar surface area (TPSA) is 64.1 Å². The lowest BCUT2D eigenvalue weighted by molar-refractivity contribution is 0.0799. The fourth-order valence-electron chi connectivity index (χ4n) is 2.24. The lowest BCUT2D eigenvalue weighted by Crippen LogP contribution is -2.33. The van der Waals surface area contributed by atoms with Crippen LogP contribution in [0.4, 0.5) is 0 Å². The molecule has 0 amide bonds. The SMILES string of the molecule is Cc1cn([C@H]2CC=C(CSc3ccccc3)O2)c(=O)[nH]c1=O. The minimum Gasteiger partial charge on any atom is -0.473 e. The van der Waals surface area contributed by atoms with Gasteiger partial charge in [0.25, 0.3) is 5.56 Å². The van der Waals surface area contributed by atoms with Gasteiger partial charge < -0.3 is 4.74 Å². The molecule has 1 atom stereocenters. The summed E-state index contributed by atoms with van der Waals surface area (Å²) >= 11 is 1.69. The Labute approximate surface area is 131 Å². The minimum absolute atomic E-state index is 0.355. The lowest BCUT2D eigenvalue weighted by Gasteiger charge is -2.16. The Morgan fingerprint density at radius 2 is 2.09 bits per heavy atom. The zero-order valence-electron chi connectivity index (χ0n) is 12.1. The maximum Gasteiger partial charge on any atom is 0.331 e. The van der Waals surface area contributed by atoms with E-state index in [1.54, 1.807) is 24.9 Å². The quantitative estimate of drug-likeness (QED) is 0.880. The van der Waals surface area contributed by atoms with Crippen molar-refractivity contribution >= 4 is 11.8 Å². The van der Waals surface area contributed by atoms with Gasteiger partial charge >= 0.3 is 5.69 Å². The summed E-state index contributed by atoms with van der Waals surface area (Å²) in [4.78, 5) is 26.7. The largest absolute Gasteiger partial charge is 0.473 e. The summed E-state index contributed by atoms with van der Waals surface area (Å²) in [7, 11) is 0. The fraction of sp³-hybridized carbons (Fsp3) is 0.250. The van der Waals surface area contributed by atoms with Gasteiger partial charge in [0.2, 0.25) is 0 Å². The van der Waals surface area contributed by atoms with Gasteiger partial charge in [-0.05, 0) is 25.1 Å². The molecular weight excluding hydrogens is 300 g/mol. The van der Waals surface area contributed by atoms with Gasteiger partial charge in [0.05, 0.1) is 5.75 Å². The van der Waals surface area contributed by atoms with E-state index in [0.717, 1.165) is 11.5 Å². The third-order valence-electron chi connectivity index (χ3n) is 3.41. The molecule has 3 rings (SSSR count). The smallest absolute Gasteiger partial charge is 0.331 e. The first-order chi connectivity index (χ1) is 10.6. The van der Waals surface area contributed by atoms with E-state index in [1.807, 2.05) is 36.4 Å². The second kappa shape index (κ2) is 6.27. The molecule has 0 saturated heterocycles. The number of aromatic amines is 1. The highest BCUT2D eigenvalue weighted by Crippen LogP contribution is 2.29. The average molecular weight is 316 g/mol. The fourth-order valence-corrected chi connectivity index (χ4v) is 3.08. The first-order valence-electron chi connectivity index (χ1n) is 6.99. The Balaban J connectivity index is 1.66. The van der Waals surface area contributed by atoms with Crippen LogP contribution in [0.5, 0.6) is 0 Å². The molecule has 5 nitrogen and oxygen atoms in total. The summed E-state index contributed by atoms with van der Waals surface area (Å²) in [6, 6.07) is 10.1. The number of nitrogens with zero attached hydrogens (tertiary/aromatic N) is 1. The third kappa shape index (κ3) is 3.17. The molecule has 1 aliphatic rings. The molecule has 1 N–H and O–H groups in total. The molecule has 6 heteroatoms. The van der Waals surface area contributed by atoms with Crippen molar-refractivity contribution in [3.8, 4) is 0 Å². The van der Waals surface area contributed by atoms with Crippen molar-refractivity contribution in [3.05, 3.63) is 74.8 Å². The number of aromatic nitrogens is 2. The maximum atomic E-state index is 11.9. The van der Waals surface area contributed by atoms with Crippen LogP contribution < -0.4 is 11.2 Å². The normalized spacial score (nSPS) is 17.1. The molecule has 0 saturated carbocycles. The van der Waals surface area contributed by atoms with Crippen molar-refractivity contribution < 1.29 is 4.74 Å². The minimum atomic E-state index is -0.439. The first kappa shape index (κ1) is 14.7. The molecule has 2 aromatic rings. The van der Waals surface area contributed by atoms with E-state index in [4.69, 9.17) is 4.74 Å². The van der Waals surface area contributed by atoms with Crippen LogP contribution in [0.25, 0.3) is 0 Å². The molecule has 22 heavy (non-hydrogen) atoms. The van der Waals surface area contributed by atoms with E-state index in [2.05, 4.69) is 4.98 Å². The zero-order valence-corrected chi connectivity index (χ0v) is 12.9. The number of benzene rings is 1. The van der Waals surface area contributed by atoms with Gasteiger partial charge in [0, 0.05) is 23.1 Å². The van der Waals surface area contributed by atoms with E-state index < -0.39 is 5.69 Å². The summed E-state index contributed by atoms with van der Waals surface area (Å²) in [5.74, 6) is 1.58. The molecule has 1 aromatic carbocycles. The van der Waals surface area contributed by atoms with Crippen LogP contribution >= 0.6 is 11.8 Å². The molecule has 0 aliphatic carbocycles. The number of ether oxygens (including phenoxy) is 1. The van der Waals surface area contributed by atoms with E-state index in [-0.39, 0.29) is 11.8 Å². The number of rotatable bonds is 4. The number of hydrogen-bond acceptors (Lipinski definition) is 4. The zero-order chi connectivity index (χ0) is 15.5. The molecule has 2 heterocycles. The Morgan fingerprint density at radius 3 is 2.86 bits per heavy atom. The second-order valence-electron chi connectivity index (χ2n) is 5.06. The van der Waals surface area contributed by atoms with Crippen LogP contribution in [0.1, 0.15) is 18.2 Å². The first-order valence-corrected chi connectivity index (χ1v) is 7.97.